The van der Waals surface area contributed by atoms with Crippen LogP contribution in [0, 0.1) is 11.7 Å². The number of amides is 2. The van der Waals surface area contributed by atoms with E-state index >= 15 is 0 Å². The minimum Gasteiger partial charge on any atom is -0.344 e. The molecular formula is C19H27FN2O2S. The van der Waals surface area contributed by atoms with E-state index in [2.05, 4.69) is 0 Å². The van der Waals surface area contributed by atoms with Gasteiger partial charge in [-0.05, 0) is 30.0 Å². The van der Waals surface area contributed by atoms with Gasteiger partial charge in [-0.15, -0.1) is 11.8 Å². The van der Waals surface area contributed by atoms with Crippen molar-refractivity contribution < 1.29 is 14.0 Å². The second kappa shape index (κ2) is 8.70. The molecule has 2 rings (SSSR count). The van der Waals surface area contributed by atoms with Crippen LogP contribution in [0.2, 0.25) is 0 Å². The van der Waals surface area contributed by atoms with Crippen LogP contribution in [0.4, 0.5) is 4.39 Å². The van der Waals surface area contributed by atoms with Gasteiger partial charge < -0.3 is 9.80 Å². The summed E-state index contributed by atoms with van der Waals surface area (Å²) in [6.07, 6.45) is 1.28. The third-order valence-corrected chi connectivity index (χ3v) is 5.99. The average molecular weight is 367 g/mol. The fourth-order valence-electron chi connectivity index (χ4n) is 2.86. The summed E-state index contributed by atoms with van der Waals surface area (Å²) in [6, 6.07) is 6.32. The van der Waals surface area contributed by atoms with Crippen LogP contribution in [0.1, 0.15) is 44.6 Å². The number of hydrogen-bond donors (Lipinski definition) is 0. The Hall–Kier alpha value is -1.56. The van der Waals surface area contributed by atoms with E-state index in [0.29, 0.717) is 25.4 Å². The van der Waals surface area contributed by atoms with Crippen molar-refractivity contribution in [2.24, 2.45) is 5.92 Å². The molecule has 0 aromatic heterocycles. The fourth-order valence-corrected chi connectivity index (χ4v) is 4.29. The van der Waals surface area contributed by atoms with Crippen molar-refractivity contribution in [1.29, 1.82) is 0 Å². The molecule has 1 aliphatic rings. The molecule has 0 unspecified atom stereocenters. The summed E-state index contributed by atoms with van der Waals surface area (Å²) < 4.78 is 13.2. The smallest absolute Gasteiger partial charge is 0.237 e. The number of rotatable bonds is 7. The van der Waals surface area contributed by atoms with Crippen molar-refractivity contribution in [3.63, 3.8) is 0 Å². The Kier molecular flexibility index (Phi) is 6.87. The summed E-state index contributed by atoms with van der Waals surface area (Å²) in [7, 11) is 1.78. The van der Waals surface area contributed by atoms with Gasteiger partial charge in [0, 0.05) is 26.6 Å². The Balaban J connectivity index is 2.07. The van der Waals surface area contributed by atoms with Crippen LogP contribution >= 0.6 is 11.8 Å². The number of hydrogen-bond acceptors (Lipinski definition) is 3. The zero-order valence-corrected chi connectivity index (χ0v) is 16.2. The maximum atomic E-state index is 13.2. The number of nitrogens with zero attached hydrogens (tertiary/aromatic N) is 2. The van der Waals surface area contributed by atoms with Crippen LogP contribution in [0.15, 0.2) is 24.3 Å². The molecule has 1 aliphatic heterocycles. The molecule has 0 N–H and O–H groups in total. The maximum Gasteiger partial charge on any atom is 0.237 e. The van der Waals surface area contributed by atoms with Gasteiger partial charge in [-0.2, -0.15) is 0 Å². The van der Waals surface area contributed by atoms with E-state index in [9.17, 15) is 14.0 Å². The number of thioether (sulfide) groups is 1. The highest BCUT2D eigenvalue weighted by Gasteiger charge is 2.39. The standard InChI is InChI=1S/C19H27FN2O2S/c1-5-16-18(24)22(11-10-21(4)17(23)12-13(2)3)19(25-16)14-6-8-15(20)9-7-14/h6-9,13,16,19H,5,10-12H2,1-4H3/t16-,19-/m0/s1. The predicted molar refractivity (Wildman–Crippen MR) is 99.6 cm³/mol. The van der Waals surface area contributed by atoms with E-state index in [1.54, 1.807) is 35.8 Å². The van der Waals surface area contributed by atoms with E-state index in [1.807, 2.05) is 25.7 Å². The highest BCUT2D eigenvalue weighted by Crippen LogP contribution is 2.43. The van der Waals surface area contributed by atoms with E-state index in [-0.39, 0.29) is 28.3 Å². The number of benzene rings is 1. The lowest BCUT2D eigenvalue weighted by molar-refractivity contribution is -0.134. The van der Waals surface area contributed by atoms with E-state index in [4.69, 9.17) is 0 Å². The molecule has 0 spiro atoms. The van der Waals surface area contributed by atoms with Crippen molar-refractivity contribution in [3.8, 4) is 0 Å². The molecule has 1 fully saturated rings. The molecule has 1 saturated heterocycles. The van der Waals surface area contributed by atoms with E-state index in [0.717, 1.165) is 12.0 Å². The van der Waals surface area contributed by atoms with Crippen LogP contribution in [0.5, 0.6) is 0 Å². The van der Waals surface area contributed by atoms with Gasteiger partial charge in [0.1, 0.15) is 11.2 Å². The summed E-state index contributed by atoms with van der Waals surface area (Å²) in [5.41, 5.74) is 0.923. The predicted octanol–water partition coefficient (Wildman–Crippen LogP) is 3.68. The third-order valence-electron chi connectivity index (χ3n) is 4.35. The monoisotopic (exact) mass is 366 g/mol. The second-order valence-corrected chi connectivity index (χ2v) is 8.17. The number of halogens is 1. The first kappa shape index (κ1) is 19.8. The third kappa shape index (κ3) is 4.97. The van der Waals surface area contributed by atoms with E-state index < -0.39 is 0 Å². The molecule has 0 bridgehead atoms. The van der Waals surface area contributed by atoms with Crippen molar-refractivity contribution >= 4 is 23.6 Å². The SMILES string of the molecule is CC[C@@H]1S[C@@H](c2ccc(F)cc2)N(CCN(C)C(=O)CC(C)C)C1=O. The molecule has 138 valence electrons. The summed E-state index contributed by atoms with van der Waals surface area (Å²) in [6.45, 7) is 7.03. The molecule has 0 radical (unpaired) electrons. The molecule has 4 nitrogen and oxygen atoms in total. The number of carbonyl (C=O) groups excluding carboxylic acids is 2. The Labute approximate surface area is 153 Å². The fraction of sp³-hybridized carbons (Fsp3) is 0.579. The van der Waals surface area contributed by atoms with Gasteiger partial charge >= 0.3 is 0 Å². The van der Waals surface area contributed by atoms with Crippen LogP contribution in [0.3, 0.4) is 0 Å². The second-order valence-electron chi connectivity index (χ2n) is 6.88. The Morgan fingerprint density at radius 2 is 1.96 bits per heavy atom. The lowest BCUT2D eigenvalue weighted by atomic mass is 10.1. The summed E-state index contributed by atoms with van der Waals surface area (Å²) in [5, 5.41) is -0.196. The largest absolute Gasteiger partial charge is 0.344 e. The number of likely N-dealkylation sites (N-methyl/N-ethyl adjacent to an activating group) is 1. The minimum absolute atomic E-state index is 0.0771. The van der Waals surface area contributed by atoms with Crippen molar-refractivity contribution in [1.82, 2.24) is 9.80 Å². The normalized spacial score (nSPS) is 20.4. The Morgan fingerprint density at radius 1 is 1.32 bits per heavy atom. The van der Waals surface area contributed by atoms with Crippen molar-refractivity contribution in [2.45, 2.75) is 44.2 Å². The van der Waals surface area contributed by atoms with Gasteiger partial charge in [-0.25, -0.2) is 4.39 Å². The van der Waals surface area contributed by atoms with Gasteiger partial charge in [0.05, 0.1) is 5.25 Å². The lowest BCUT2D eigenvalue weighted by Crippen LogP contribution is -2.39. The minimum atomic E-state index is -0.282. The number of carbonyl (C=O) groups is 2. The first-order valence-electron chi connectivity index (χ1n) is 8.78. The highest BCUT2D eigenvalue weighted by molar-refractivity contribution is 8.01. The van der Waals surface area contributed by atoms with E-state index in [1.165, 1.54) is 12.1 Å². The zero-order chi connectivity index (χ0) is 18.6. The highest BCUT2D eigenvalue weighted by atomic mass is 32.2. The van der Waals surface area contributed by atoms with Gasteiger partial charge in [-0.1, -0.05) is 32.9 Å². The molecule has 25 heavy (non-hydrogen) atoms. The van der Waals surface area contributed by atoms with Crippen molar-refractivity contribution in [2.75, 3.05) is 20.1 Å². The molecule has 0 aliphatic carbocycles. The first-order chi connectivity index (χ1) is 11.8. The topological polar surface area (TPSA) is 40.6 Å². The molecule has 2 amide bonds. The van der Waals surface area contributed by atoms with Crippen LogP contribution in [-0.4, -0.2) is 47.0 Å². The van der Waals surface area contributed by atoms with Gasteiger partial charge in [0.2, 0.25) is 11.8 Å². The summed E-state index contributed by atoms with van der Waals surface area (Å²) in [4.78, 5) is 28.3. The van der Waals surface area contributed by atoms with Gasteiger partial charge in [0.15, 0.2) is 0 Å². The maximum absolute atomic E-state index is 13.2. The molecule has 0 saturated carbocycles. The quantitative estimate of drug-likeness (QED) is 0.739. The van der Waals surface area contributed by atoms with Crippen molar-refractivity contribution in [3.05, 3.63) is 35.6 Å². The Bertz CT molecular complexity index is 606. The average Bonchev–Trinajstić information content (AvgIpc) is 2.88. The van der Waals surface area contributed by atoms with Crippen LogP contribution in [0.25, 0.3) is 0 Å². The van der Waals surface area contributed by atoms with Crippen LogP contribution in [-0.2, 0) is 9.59 Å². The zero-order valence-electron chi connectivity index (χ0n) is 15.4. The first-order valence-corrected chi connectivity index (χ1v) is 9.73. The molecule has 2 atom stereocenters. The summed E-state index contributed by atoms with van der Waals surface area (Å²) in [5.74, 6) is 0.234. The molecule has 1 aromatic carbocycles. The Morgan fingerprint density at radius 3 is 2.52 bits per heavy atom. The van der Waals surface area contributed by atoms with Crippen LogP contribution < -0.4 is 0 Å². The molecule has 1 aromatic rings. The summed E-state index contributed by atoms with van der Waals surface area (Å²) >= 11 is 1.61. The van der Waals surface area contributed by atoms with Gasteiger partial charge in [0.25, 0.3) is 0 Å². The molecular weight excluding hydrogens is 339 g/mol. The van der Waals surface area contributed by atoms with Gasteiger partial charge in [-0.3, -0.25) is 9.59 Å². The molecule has 1 heterocycles. The lowest BCUT2D eigenvalue weighted by Gasteiger charge is -2.27. The molecule has 6 heteroatoms.